The smallest absolute Gasteiger partial charge is 0.144 e. The second kappa shape index (κ2) is 4.31. The van der Waals surface area contributed by atoms with Gasteiger partial charge >= 0.3 is 0 Å². The molecule has 0 atom stereocenters. The molecule has 3 aromatic rings. The molecule has 0 aliphatic rings. The Morgan fingerprint density at radius 2 is 1.95 bits per heavy atom. The largest absolute Gasteiger partial charge is 0.494 e. The zero-order valence-corrected chi connectivity index (χ0v) is 10.9. The molecule has 0 amide bonds. The zero-order chi connectivity index (χ0) is 13.4. The quantitative estimate of drug-likeness (QED) is 0.714. The first kappa shape index (κ1) is 11.6. The van der Waals surface area contributed by atoms with E-state index in [-0.39, 0.29) is 0 Å². The number of hydrogen-bond donors (Lipinski definition) is 1. The van der Waals surface area contributed by atoms with Crippen LogP contribution in [0, 0.1) is 0 Å². The van der Waals surface area contributed by atoms with Crippen molar-refractivity contribution in [3.05, 3.63) is 42.5 Å². The van der Waals surface area contributed by atoms with Crippen molar-refractivity contribution in [3.8, 4) is 17.1 Å². The average Bonchev–Trinajstić information content (AvgIpc) is 2.76. The first-order chi connectivity index (χ1) is 9.20. The van der Waals surface area contributed by atoms with Gasteiger partial charge in [0.1, 0.15) is 17.1 Å². The van der Waals surface area contributed by atoms with Crippen molar-refractivity contribution in [1.29, 1.82) is 0 Å². The predicted octanol–water partition coefficient (Wildman–Crippen LogP) is 2.83. The Bertz CT molecular complexity index is 746. The Hall–Kier alpha value is -2.49. The maximum atomic E-state index is 5.83. The van der Waals surface area contributed by atoms with E-state index in [0.717, 1.165) is 33.9 Å². The van der Waals surface area contributed by atoms with Gasteiger partial charge < -0.3 is 15.0 Å². The number of nitrogen functional groups attached to an aromatic ring is 1. The highest BCUT2D eigenvalue weighted by Gasteiger charge is 2.13. The van der Waals surface area contributed by atoms with Crippen molar-refractivity contribution >= 4 is 16.7 Å². The molecular weight excluding hydrogens is 238 g/mol. The van der Waals surface area contributed by atoms with Gasteiger partial charge in [-0.25, -0.2) is 4.98 Å². The highest BCUT2D eigenvalue weighted by Crippen LogP contribution is 2.30. The first-order valence-electron chi connectivity index (χ1n) is 6.06. The topological polar surface area (TPSA) is 53.1 Å². The van der Waals surface area contributed by atoms with E-state index < -0.39 is 0 Å². The fourth-order valence-corrected chi connectivity index (χ4v) is 2.33. The zero-order valence-electron chi connectivity index (χ0n) is 10.9. The van der Waals surface area contributed by atoms with Crippen LogP contribution in [0.3, 0.4) is 0 Å². The molecule has 0 fully saturated rings. The van der Waals surface area contributed by atoms with Gasteiger partial charge in [0.25, 0.3) is 0 Å². The Balaban J connectivity index is 2.29. The summed E-state index contributed by atoms with van der Waals surface area (Å²) in [4.78, 5) is 4.66. The number of anilines is 1. The Morgan fingerprint density at radius 3 is 2.68 bits per heavy atom. The molecule has 0 aliphatic carbocycles. The van der Waals surface area contributed by atoms with Gasteiger partial charge in [-0.2, -0.15) is 0 Å². The summed E-state index contributed by atoms with van der Waals surface area (Å²) in [5, 5.41) is 0. The van der Waals surface area contributed by atoms with Gasteiger partial charge in [0, 0.05) is 18.3 Å². The summed E-state index contributed by atoms with van der Waals surface area (Å²) in [5.74, 6) is 1.70. The summed E-state index contributed by atoms with van der Waals surface area (Å²) in [7, 11) is 3.65. The lowest BCUT2D eigenvalue weighted by atomic mass is 10.2. The predicted molar refractivity (Wildman–Crippen MR) is 77.1 cm³/mol. The SMILES string of the molecule is COc1cccc2nc(-c3cccc(N)c3)n(C)c12. The summed E-state index contributed by atoms with van der Waals surface area (Å²) in [6, 6.07) is 13.6. The number of hydrogen-bond acceptors (Lipinski definition) is 3. The maximum Gasteiger partial charge on any atom is 0.144 e. The molecule has 19 heavy (non-hydrogen) atoms. The minimum absolute atomic E-state index is 0.733. The molecule has 0 spiro atoms. The third kappa shape index (κ3) is 1.81. The van der Waals surface area contributed by atoms with E-state index in [1.807, 2.05) is 54.1 Å². The molecule has 0 unspecified atom stereocenters. The van der Waals surface area contributed by atoms with Crippen LogP contribution in [0.5, 0.6) is 5.75 Å². The molecule has 0 saturated heterocycles. The van der Waals surface area contributed by atoms with Crippen LogP contribution in [0.2, 0.25) is 0 Å². The number of ether oxygens (including phenoxy) is 1. The summed E-state index contributed by atoms with van der Waals surface area (Å²) < 4.78 is 7.43. The molecule has 0 aliphatic heterocycles. The number of aryl methyl sites for hydroxylation is 1. The van der Waals surface area contributed by atoms with Gasteiger partial charge in [-0.3, -0.25) is 0 Å². The van der Waals surface area contributed by atoms with Crippen molar-refractivity contribution in [3.63, 3.8) is 0 Å². The lowest BCUT2D eigenvalue weighted by molar-refractivity contribution is 0.418. The molecular formula is C15H15N3O. The molecule has 96 valence electrons. The Kier molecular flexibility index (Phi) is 2.63. The van der Waals surface area contributed by atoms with Crippen LogP contribution in [0.4, 0.5) is 5.69 Å². The fraction of sp³-hybridized carbons (Fsp3) is 0.133. The number of rotatable bonds is 2. The fourth-order valence-electron chi connectivity index (χ4n) is 2.33. The van der Waals surface area contributed by atoms with Crippen LogP contribution in [-0.2, 0) is 7.05 Å². The first-order valence-corrected chi connectivity index (χ1v) is 6.06. The lowest BCUT2D eigenvalue weighted by Gasteiger charge is -2.06. The second-order valence-electron chi connectivity index (χ2n) is 4.45. The standard InChI is InChI=1S/C15H15N3O/c1-18-14-12(7-4-8-13(14)19-2)17-15(18)10-5-3-6-11(16)9-10/h3-9H,16H2,1-2H3. The van der Waals surface area contributed by atoms with E-state index in [2.05, 4.69) is 4.98 Å². The minimum Gasteiger partial charge on any atom is -0.494 e. The van der Waals surface area contributed by atoms with Crippen LogP contribution >= 0.6 is 0 Å². The van der Waals surface area contributed by atoms with E-state index in [0.29, 0.717) is 0 Å². The third-order valence-corrected chi connectivity index (χ3v) is 3.22. The number of aromatic nitrogens is 2. The van der Waals surface area contributed by atoms with Gasteiger partial charge in [-0.05, 0) is 24.3 Å². The molecule has 0 saturated carbocycles. The van der Waals surface area contributed by atoms with Gasteiger partial charge in [-0.15, -0.1) is 0 Å². The van der Waals surface area contributed by atoms with Gasteiger partial charge in [0.15, 0.2) is 0 Å². The van der Waals surface area contributed by atoms with E-state index in [4.69, 9.17) is 10.5 Å². The monoisotopic (exact) mass is 253 g/mol. The van der Waals surface area contributed by atoms with Crippen molar-refractivity contribution in [2.75, 3.05) is 12.8 Å². The number of nitrogens with zero attached hydrogens (tertiary/aromatic N) is 2. The highest BCUT2D eigenvalue weighted by molar-refractivity contribution is 5.86. The minimum atomic E-state index is 0.733. The summed E-state index contributed by atoms with van der Waals surface area (Å²) in [6.07, 6.45) is 0. The summed E-state index contributed by atoms with van der Waals surface area (Å²) in [5.41, 5.74) is 9.47. The molecule has 1 heterocycles. The number of nitrogens with two attached hydrogens (primary N) is 1. The molecule has 0 radical (unpaired) electrons. The summed E-state index contributed by atoms with van der Waals surface area (Å²) in [6.45, 7) is 0. The molecule has 2 aromatic carbocycles. The number of benzene rings is 2. The summed E-state index contributed by atoms with van der Waals surface area (Å²) >= 11 is 0. The van der Waals surface area contributed by atoms with Crippen LogP contribution in [0.15, 0.2) is 42.5 Å². The number of fused-ring (bicyclic) bond motifs is 1. The molecule has 4 heteroatoms. The average molecular weight is 253 g/mol. The van der Waals surface area contributed by atoms with Crippen LogP contribution in [0.1, 0.15) is 0 Å². The normalized spacial score (nSPS) is 10.8. The van der Waals surface area contributed by atoms with Gasteiger partial charge in [-0.1, -0.05) is 18.2 Å². The van der Waals surface area contributed by atoms with E-state index >= 15 is 0 Å². The van der Waals surface area contributed by atoms with Crippen molar-refractivity contribution in [2.45, 2.75) is 0 Å². The van der Waals surface area contributed by atoms with E-state index in [1.54, 1.807) is 7.11 Å². The van der Waals surface area contributed by atoms with Gasteiger partial charge in [0.2, 0.25) is 0 Å². The molecule has 2 N–H and O–H groups in total. The van der Waals surface area contributed by atoms with E-state index in [1.165, 1.54) is 0 Å². The maximum absolute atomic E-state index is 5.83. The van der Waals surface area contributed by atoms with Crippen molar-refractivity contribution in [2.24, 2.45) is 7.05 Å². The highest BCUT2D eigenvalue weighted by atomic mass is 16.5. The lowest BCUT2D eigenvalue weighted by Crippen LogP contribution is -1.95. The van der Waals surface area contributed by atoms with Crippen LogP contribution in [0.25, 0.3) is 22.4 Å². The number of para-hydroxylation sites is 1. The Morgan fingerprint density at radius 1 is 1.16 bits per heavy atom. The van der Waals surface area contributed by atoms with Crippen molar-refractivity contribution < 1.29 is 4.74 Å². The molecule has 3 rings (SSSR count). The third-order valence-electron chi connectivity index (χ3n) is 3.22. The number of methoxy groups -OCH3 is 1. The van der Waals surface area contributed by atoms with E-state index in [9.17, 15) is 0 Å². The van der Waals surface area contributed by atoms with Crippen molar-refractivity contribution in [1.82, 2.24) is 9.55 Å². The van der Waals surface area contributed by atoms with Crippen LogP contribution < -0.4 is 10.5 Å². The second-order valence-corrected chi connectivity index (χ2v) is 4.45. The van der Waals surface area contributed by atoms with Crippen LogP contribution in [-0.4, -0.2) is 16.7 Å². The molecule has 0 bridgehead atoms. The molecule has 4 nitrogen and oxygen atoms in total. The van der Waals surface area contributed by atoms with Gasteiger partial charge in [0.05, 0.1) is 12.6 Å². The Labute approximate surface area is 111 Å². The molecule has 1 aromatic heterocycles. The number of imidazole rings is 1.